The number of hydrogen-bond acceptors (Lipinski definition) is 6. The van der Waals surface area contributed by atoms with Crippen LogP contribution < -0.4 is 16.0 Å². The third kappa shape index (κ3) is 4.83. The van der Waals surface area contributed by atoms with Crippen LogP contribution in [0, 0.1) is 6.92 Å². The lowest BCUT2D eigenvalue weighted by Crippen LogP contribution is -2.36. The number of carbonyl (C=O) groups is 2. The molecule has 0 unspecified atom stereocenters. The Hall–Kier alpha value is -4.89. The van der Waals surface area contributed by atoms with Gasteiger partial charge in [-0.3, -0.25) is 10.1 Å². The van der Waals surface area contributed by atoms with E-state index in [-0.39, 0.29) is 12.3 Å². The van der Waals surface area contributed by atoms with E-state index in [1.54, 1.807) is 6.20 Å². The Morgan fingerprint density at radius 3 is 2.62 bits per heavy atom. The van der Waals surface area contributed by atoms with Crippen molar-refractivity contribution < 1.29 is 19.1 Å². The van der Waals surface area contributed by atoms with Crippen LogP contribution in [0.15, 0.2) is 72.9 Å². The standard InChI is InChI=1S/C31H29N5O4/c1-19-22(8-5-9-25(19)35-31(38)40-18-20-6-3-2-4-7-20)24-17-33-29(30(32)37)28-27(24)23-16-21(10-11-26(23)34-28)36-12-14-39-15-13-36/h2-11,16-17,34H,12-15,18H2,1H3,(H2,32,37)(H,35,38). The molecular weight excluding hydrogens is 506 g/mol. The lowest BCUT2D eigenvalue weighted by Gasteiger charge is -2.28. The fraction of sp³-hybridized carbons (Fsp3) is 0.194. The molecule has 40 heavy (non-hydrogen) atoms. The molecule has 0 bridgehead atoms. The van der Waals surface area contributed by atoms with Crippen molar-refractivity contribution in [1.82, 2.24) is 9.97 Å². The largest absolute Gasteiger partial charge is 0.444 e. The van der Waals surface area contributed by atoms with Crippen molar-refractivity contribution in [2.24, 2.45) is 5.73 Å². The summed E-state index contributed by atoms with van der Waals surface area (Å²) in [5, 5.41) is 4.67. The van der Waals surface area contributed by atoms with Crippen LogP contribution in [0.5, 0.6) is 0 Å². The molecule has 0 radical (unpaired) electrons. The van der Waals surface area contributed by atoms with Gasteiger partial charge in [0.05, 0.1) is 18.7 Å². The first kappa shape index (κ1) is 25.4. The van der Waals surface area contributed by atoms with E-state index in [1.807, 2.05) is 61.5 Å². The minimum Gasteiger partial charge on any atom is -0.444 e. The third-order valence-corrected chi connectivity index (χ3v) is 7.29. The van der Waals surface area contributed by atoms with E-state index in [9.17, 15) is 9.59 Å². The normalized spacial score (nSPS) is 13.5. The van der Waals surface area contributed by atoms with Crippen molar-refractivity contribution in [3.8, 4) is 11.1 Å². The van der Waals surface area contributed by atoms with Gasteiger partial charge in [-0.25, -0.2) is 9.78 Å². The maximum absolute atomic E-state index is 12.6. The molecular formula is C31H29N5O4. The number of amides is 2. The van der Waals surface area contributed by atoms with Gasteiger partial charge >= 0.3 is 6.09 Å². The van der Waals surface area contributed by atoms with Crippen LogP contribution in [-0.4, -0.2) is 48.3 Å². The fourth-order valence-electron chi connectivity index (χ4n) is 5.24. The van der Waals surface area contributed by atoms with Gasteiger partial charge < -0.3 is 25.1 Å². The average molecular weight is 536 g/mol. The summed E-state index contributed by atoms with van der Waals surface area (Å²) < 4.78 is 11.0. The molecule has 1 aliphatic heterocycles. The van der Waals surface area contributed by atoms with Crippen molar-refractivity contribution >= 4 is 45.2 Å². The topological polar surface area (TPSA) is 123 Å². The van der Waals surface area contributed by atoms with Crippen LogP contribution in [-0.2, 0) is 16.1 Å². The molecule has 3 heterocycles. The van der Waals surface area contributed by atoms with Crippen molar-refractivity contribution in [3.05, 3.63) is 89.7 Å². The van der Waals surface area contributed by atoms with Gasteiger partial charge in [0.15, 0.2) is 5.69 Å². The number of pyridine rings is 1. The molecule has 6 rings (SSSR count). The number of primary amides is 1. The molecule has 1 aliphatic rings. The Morgan fingerprint density at radius 1 is 1.05 bits per heavy atom. The van der Waals surface area contributed by atoms with E-state index < -0.39 is 12.0 Å². The first-order chi connectivity index (χ1) is 19.5. The lowest BCUT2D eigenvalue weighted by molar-refractivity contribution is 0.0997. The van der Waals surface area contributed by atoms with Crippen LogP contribution in [0.2, 0.25) is 0 Å². The molecule has 0 spiro atoms. The molecule has 3 aromatic carbocycles. The zero-order valence-electron chi connectivity index (χ0n) is 22.1. The zero-order valence-corrected chi connectivity index (χ0v) is 22.1. The number of aromatic amines is 1. The first-order valence-corrected chi connectivity index (χ1v) is 13.1. The molecule has 0 atom stereocenters. The van der Waals surface area contributed by atoms with Gasteiger partial charge in [0, 0.05) is 52.5 Å². The van der Waals surface area contributed by atoms with Crippen molar-refractivity contribution in [3.63, 3.8) is 0 Å². The summed E-state index contributed by atoms with van der Waals surface area (Å²) in [5.74, 6) is -0.607. The number of nitrogens with zero attached hydrogens (tertiary/aromatic N) is 2. The van der Waals surface area contributed by atoms with Crippen LogP contribution in [0.4, 0.5) is 16.2 Å². The van der Waals surface area contributed by atoms with Gasteiger partial charge in [0.1, 0.15) is 6.61 Å². The van der Waals surface area contributed by atoms with Crippen LogP contribution in [0.1, 0.15) is 21.6 Å². The summed E-state index contributed by atoms with van der Waals surface area (Å²) in [6.07, 6.45) is 1.13. The number of nitrogens with two attached hydrogens (primary N) is 1. The van der Waals surface area contributed by atoms with E-state index in [4.69, 9.17) is 15.2 Å². The molecule has 2 aromatic heterocycles. The smallest absolute Gasteiger partial charge is 0.411 e. The predicted molar refractivity (Wildman–Crippen MR) is 156 cm³/mol. The van der Waals surface area contributed by atoms with E-state index in [2.05, 4.69) is 32.3 Å². The summed E-state index contributed by atoms with van der Waals surface area (Å²) in [6, 6.07) is 21.4. The van der Waals surface area contributed by atoms with Gasteiger partial charge in [-0.15, -0.1) is 0 Å². The molecule has 0 saturated carbocycles. The van der Waals surface area contributed by atoms with Crippen molar-refractivity contribution in [2.75, 3.05) is 36.5 Å². The van der Waals surface area contributed by atoms with Gasteiger partial charge in [-0.2, -0.15) is 0 Å². The highest BCUT2D eigenvalue weighted by molar-refractivity contribution is 6.19. The number of benzene rings is 3. The molecule has 4 N–H and O–H groups in total. The predicted octanol–water partition coefficient (Wildman–Crippen LogP) is 5.38. The van der Waals surface area contributed by atoms with E-state index in [0.717, 1.165) is 57.3 Å². The van der Waals surface area contributed by atoms with E-state index >= 15 is 0 Å². The minimum absolute atomic E-state index is 0.172. The summed E-state index contributed by atoms with van der Waals surface area (Å²) in [7, 11) is 0. The number of hydrogen-bond donors (Lipinski definition) is 3. The monoisotopic (exact) mass is 535 g/mol. The number of ether oxygens (including phenoxy) is 2. The van der Waals surface area contributed by atoms with Gasteiger partial charge in [-0.1, -0.05) is 42.5 Å². The molecule has 1 saturated heterocycles. The number of nitrogens with one attached hydrogen (secondary N) is 2. The molecule has 5 aromatic rings. The van der Waals surface area contributed by atoms with Crippen LogP contribution >= 0.6 is 0 Å². The maximum Gasteiger partial charge on any atom is 0.411 e. The molecule has 9 nitrogen and oxygen atoms in total. The molecule has 1 fully saturated rings. The van der Waals surface area contributed by atoms with E-state index in [1.165, 1.54) is 0 Å². The highest BCUT2D eigenvalue weighted by Gasteiger charge is 2.21. The Kier molecular flexibility index (Phi) is 6.79. The quantitative estimate of drug-likeness (QED) is 0.268. The number of anilines is 2. The Balaban J connectivity index is 1.40. The fourth-order valence-corrected chi connectivity index (χ4v) is 5.24. The maximum atomic E-state index is 12.6. The van der Waals surface area contributed by atoms with Crippen LogP contribution in [0.3, 0.4) is 0 Å². The van der Waals surface area contributed by atoms with E-state index in [0.29, 0.717) is 24.4 Å². The highest BCUT2D eigenvalue weighted by atomic mass is 16.5. The Bertz CT molecular complexity index is 1720. The van der Waals surface area contributed by atoms with Gasteiger partial charge in [-0.05, 0) is 47.9 Å². The van der Waals surface area contributed by atoms with Gasteiger partial charge in [0.2, 0.25) is 0 Å². The number of carbonyl (C=O) groups excluding carboxylic acids is 2. The summed E-state index contributed by atoms with van der Waals surface area (Å²) in [5.41, 5.74) is 12.5. The molecule has 2 amide bonds. The molecule has 9 heteroatoms. The molecule has 202 valence electrons. The number of H-pyrrole nitrogens is 1. The Morgan fingerprint density at radius 2 is 1.85 bits per heavy atom. The number of morpholine rings is 1. The van der Waals surface area contributed by atoms with Gasteiger partial charge in [0.25, 0.3) is 5.91 Å². The second-order valence-corrected chi connectivity index (χ2v) is 9.75. The second-order valence-electron chi connectivity index (χ2n) is 9.75. The second kappa shape index (κ2) is 10.7. The van der Waals surface area contributed by atoms with Crippen molar-refractivity contribution in [1.29, 1.82) is 0 Å². The highest BCUT2D eigenvalue weighted by Crippen LogP contribution is 2.39. The van der Waals surface area contributed by atoms with Crippen molar-refractivity contribution in [2.45, 2.75) is 13.5 Å². The summed E-state index contributed by atoms with van der Waals surface area (Å²) in [6.45, 7) is 5.08. The summed E-state index contributed by atoms with van der Waals surface area (Å²) >= 11 is 0. The third-order valence-electron chi connectivity index (χ3n) is 7.29. The molecule has 0 aliphatic carbocycles. The Labute approximate surface area is 230 Å². The lowest BCUT2D eigenvalue weighted by atomic mass is 9.95. The average Bonchev–Trinajstić information content (AvgIpc) is 3.37. The number of rotatable bonds is 6. The first-order valence-electron chi connectivity index (χ1n) is 13.1. The summed E-state index contributed by atoms with van der Waals surface area (Å²) in [4.78, 5) is 35.0. The zero-order chi connectivity index (χ0) is 27.6. The number of fused-ring (bicyclic) bond motifs is 3. The van der Waals surface area contributed by atoms with Crippen LogP contribution in [0.25, 0.3) is 32.9 Å². The SMILES string of the molecule is Cc1c(NC(=O)OCc2ccccc2)cccc1-c1cnc(C(N)=O)c2[nH]c3ccc(N4CCOCC4)cc3c12. The number of aromatic nitrogens is 2. The minimum atomic E-state index is -0.607.